The predicted octanol–water partition coefficient (Wildman–Crippen LogP) is 3.32. The van der Waals surface area contributed by atoms with Crippen LogP contribution in [0.15, 0.2) is 30.6 Å². The third kappa shape index (κ3) is 6.39. The molecule has 5 nitrogen and oxygen atoms in total. The van der Waals surface area contributed by atoms with Crippen molar-refractivity contribution in [3.05, 3.63) is 53.1 Å². The van der Waals surface area contributed by atoms with Gasteiger partial charge in [0.05, 0.1) is 11.8 Å². The van der Waals surface area contributed by atoms with Crippen molar-refractivity contribution < 1.29 is 4.74 Å². The van der Waals surface area contributed by atoms with Crippen LogP contribution in [0.25, 0.3) is 0 Å². The predicted molar refractivity (Wildman–Crippen MR) is 106 cm³/mol. The minimum atomic E-state index is 0.130. The fourth-order valence-corrected chi connectivity index (χ4v) is 2.99. The number of rotatable bonds is 10. The molecule has 0 fully saturated rings. The van der Waals surface area contributed by atoms with E-state index in [0.29, 0.717) is 19.1 Å². The van der Waals surface area contributed by atoms with E-state index in [0.717, 1.165) is 36.4 Å². The van der Waals surface area contributed by atoms with Gasteiger partial charge in [-0.3, -0.25) is 9.97 Å². The third-order valence-electron chi connectivity index (χ3n) is 4.29. The minimum absolute atomic E-state index is 0.130. The monoisotopic (exact) mass is 356 g/mol. The zero-order valence-corrected chi connectivity index (χ0v) is 16.5. The quantitative estimate of drug-likeness (QED) is 0.683. The molecule has 0 saturated carbocycles. The molecule has 2 rings (SSSR count). The summed E-state index contributed by atoms with van der Waals surface area (Å²) in [6.45, 7) is 9.63. The van der Waals surface area contributed by atoms with Crippen molar-refractivity contribution in [1.29, 1.82) is 0 Å². The Morgan fingerprint density at radius 1 is 1.19 bits per heavy atom. The van der Waals surface area contributed by atoms with E-state index in [2.05, 4.69) is 35.2 Å². The highest BCUT2D eigenvalue weighted by Gasteiger charge is 2.14. The molecule has 2 aromatic rings. The SMILES string of the molecule is Cc1cnc(CC(CCCN)NCc2ncccc2OC(C)C)c(C)c1. The molecule has 142 valence electrons. The summed E-state index contributed by atoms with van der Waals surface area (Å²) in [7, 11) is 0. The Labute approximate surface area is 157 Å². The van der Waals surface area contributed by atoms with Crippen LogP contribution < -0.4 is 15.8 Å². The Balaban J connectivity index is 2.06. The fraction of sp³-hybridized carbons (Fsp3) is 0.524. The Morgan fingerprint density at radius 2 is 2.00 bits per heavy atom. The Hall–Kier alpha value is -1.98. The molecule has 2 aromatic heterocycles. The van der Waals surface area contributed by atoms with Crippen molar-refractivity contribution >= 4 is 0 Å². The molecule has 0 aromatic carbocycles. The Bertz CT molecular complexity index is 687. The van der Waals surface area contributed by atoms with Crippen molar-refractivity contribution in [2.24, 2.45) is 5.73 Å². The Kier molecular flexibility index (Phi) is 8.01. The van der Waals surface area contributed by atoms with Gasteiger partial charge >= 0.3 is 0 Å². The second-order valence-corrected chi connectivity index (χ2v) is 7.10. The maximum atomic E-state index is 5.87. The van der Waals surface area contributed by atoms with Gasteiger partial charge in [-0.1, -0.05) is 6.07 Å². The molecule has 2 heterocycles. The van der Waals surface area contributed by atoms with E-state index in [4.69, 9.17) is 10.5 Å². The van der Waals surface area contributed by atoms with E-state index in [9.17, 15) is 0 Å². The van der Waals surface area contributed by atoms with Gasteiger partial charge in [-0.2, -0.15) is 0 Å². The lowest BCUT2D eigenvalue weighted by Crippen LogP contribution is -2.32. The zero-order valence-electron chi connectivity index (χ0n) is 16.5. The lowest BCUT2D eigenvalue weighted by molar-refractivity contribution is 0.237. The minimum Gasteiger partial charge on any atom is -0.489 e. The van der Waals surface area contributed by atoms with Gasteiger partial charge in [0.2, 0.25) is 0 Å². The second-order valence-electron chi connectivity index (χ2n) is 7.10. The average molecular weight is 357 g/mol. The van der Waals surface area contributed by atoms with Crippen molar-refractivity contribution in [2.45, 2.75) is 65.6 Å². The number of nitrogens with zero attached hydrogens (tertiary/aromatic N) is 2. The average Bonchev–Trinajstić information content (AvgIpc) is 2.60. The fourth-order valence-electron chi connectivity index (χ4n) is 2.99. The zero-order chi connectivity index (χ0) is 18.9. The van der Waals surface area contributed by atoms with Gasteiger partial charge in [-0.25, -0.2) is 0 Å². The summed E-state index contributed by atoms with van der Waals surface area (Å²) in [4.78, 5) is 9.12. The van der Waals surface area contributed by atoms with Crippen molar-refractivity contribution in [3.63, 3.8) is 0 Å². The topological polar surface area (TPSA) is 73.1 Å². The highest BCUT2D eigenvalue weighted by molar-refractivity contribution is 5.27. The van der Waals surface area contributed by atoms with Crippen LogP contribution in [0.5, 0.6) is 5.75 Å². The van der Waals surface area contributed by atoms with E-state index < -0.39 is 0 Å². The molecule has 26 heavy (non-hydrogen) atoms. The van der Waals surface area contributed by atoms with Crippen LogP contribution >= 0.6 is 0 Å². The summed E-state index contributed by atoms with van der Waals surface area (Å²) in [6, 6.07) is 6.38. The summed E-state index contributed by atoms with van der Waals surface area (Å²) < 4.78 is 5.87. The molecule has 0 bridgehead atoms. The Morgan fingerprint density at radius 3 is 2.69 bits per heavy atom. The molecule has 0 saturated heterocycles. The molecule has 3 N–H and O–H groups in total. The van der Waals surface area contributed by atoms with Crippen LogP contribution in [-0.4, -0.2) is 28.7 Å². The number of ether oxygens (including phenoxy) is 1. The number of aryl methyl sites for hydroxylation is 2. The van der Waals surface area contributed by atoms with Gasteiger partial charge in [0.15, 0.2) is 0 Å². The van der Waals surface area contributed by atoms with E-state index in [-0.39, 0.29) is 6.10 Å². The molecule has 1 atom stereocenters. The van der Waals surface area contributed by atoms with Crippen LogP contribution in [-0.2, 0) is 13.0 Å². The number of hydrogen-bond donors (Lipinski definition) is 2. The van der Waals surface area contributed by atoms with Gasteiger partial charge < -0.3 is 15.8 Å². The normalized spacial score (nSPS) is 12.4. The van der Waals surface area contributed by atoms with Crippen LogP contribution in [0.3, 0.4) is 0 Å². The highest BCUT2D eigenvalue weighted by Crippen LogP contribution is 2.18. The maximum absolute atomic E-state index is 5.87. The van der Waals surface area contributed by atoms with Crippen LogP contribution in [0, 0.1) is 13.8 Å². The van der Waals surface area contributed by atoms with E-state index in [1.54, 1.807) is 0 Å². The van der Waals surface area contributed by atoms with Gasteiger partial charge in [0.1, 0.15) is 5.75 Å². The number of nitrogens with one attached hydrogen (secondary N) is 1. The van der Waals surface area contributed by atoms with Crippen LogP contribution in [0.4, 0.5) is 0 Å². The molecule has 1 unspecified atom stereocenters. The number of hydrogen-bond acceptors (Lipinski definition) is 5. The number of aromatic nitrogens is 2. The molecule has 0 aliphatic heterocycles. The molecule has 0 aliphatic rings. The van der Waals surface area contributed by atoms with Crippen LogP contribution in [0.1, 0.15) is 49.2 Å². The van der Waals surface area contributed by atoms with Crippen molar-refractivity contribution in [2.75, 3.05) is 6.54 Å². The molecule has 0 radical (unpaired) electrons. The first-order valence-corrected chi connectivity index (χ1v) is 9.45. The molecular weight excluding hydrogens is 324 g/mol. The van der Waals surface area contributed by atoms with Crippen LogP contribution in [0.2, 0.25) is 0 Å². The first kappa shape index (κ1) is 20.3. The van der Waals surface area contributed by atoms with E-state index in [1.807, 2.05) is 38.4 Å². The van der Waals surface area contributed by atoms with Gasteiger partial charge in [-0.15, -0.1) is 0 Å². The third-order valence-corrected chi connectivity index (χ3v) is 4.29. The summed E-state index contributed by atoms with van der Waals surface area (Å²) in [5.74, 6) is 0.845. The van der Waals surface area contributed by atoms with Gasteiger partial charge in [0, 0.05) is 37.1 Å². The van der Waals surface area contributed by atoms with E-state index >= 15 is 0 Å². The standard InChI is InChI=1S/C21H32N4O/c1-15(2)26-21-8-6-10-23-20(21)14-24-18(7-5-9-22)12-19-17(4)11-16(3)13-25-19/h6,8,10-11,13,15,18,24H,5,7,9,12,14,22H2,1-4H3. The van der Waals surface area contributed by atoms with Gasteiger partial charge in [-0.05, 0) is 70.3 Å². The van der Waals surface area contributed by atoms with Crippen molar-refractivity contribution in [1.82, 2.24) is 15.3 Å². The lowest BCUT2D eigenvalue weighted by atomic mass is 10.0. The van der Waals surface area contributed by atoms with Crippen molar-refractivity contribution in [3.8, 4) is 5.75 Å². The molecular formula is C21H32N4O. The first-order chi connectivity index (χ1) is 12.5. The highest BCUT2D eigenvalue weighted by atomic mass is 16.5. The largest absolute Gasteiger partial charge is 0.489 e. The summed E-state index contributed by atoms with van der Waals surface area (Å²) in [5.41, 5.74) is 10.2. The van der Waals surface area contributed by atoms with Gasteiger partial charge in [0.25, 0.3) is 0 Å². The molecule has 0 spiro atoms. The van der Waals surface area contributed by atoms with E-state index in [1.165, 1.54) is 11.1 Å². The summed E-state index contributed by atoms with van der Waals surface area (Å²) in [5, 5.41) is 3.64. The molecule has 0 amide bonds. The second kappa shape index (κ2) is 10.2. The number of pyridine rings is 2. The summed E-state index contributed by atoms with van der Waals surface area (Å²) >= 11 is 0. The lowest BCUT2D eigenvalue weighted by Gasteiger charge is -2.20. The first-order valence-electron chi connectivity index (χ1n) is 9.45. The molecule has 5 heteroatoms. The molecule has 0 aliphatic carbocycles. The smallest absolute Gasteiger partial charge is 0.142 e. The maximum Gasteiger partial charge on any atom is 0.142 e. The summed E-state index contributed by atoms with van der Waals surface area (Å²) in [6.07, 6.45) is 6.77. The number of nitrogens with two attached hydrogens (primary N) is 1.